The van der Waals surface area contributed by atoms with E-state index < -0.39 is 17.6 Å². The second-order valence-electron chi connectivity index (χ2n) is 8.90. The summed E-state index contributed by atoms with van der Waals surface area (Å²) in [6.45, 7) is 0. The zero-order chi connectivity index (χ0) is 30.8. The third-order valence-corrected chi connectivity index (χ3v) is 7.27. The number of ether oxygens (including phenoxy) is 2. The second kappa shape index (κ2) is 14.9. The maximum absolute atomic E-state index is 14.3. The third kappa shape index (κ3) is 8.60. The maximum Gasteiger partial charge on any atom is 0.272 e. The van der Waals surface area contributed by atoms with Gasteiger partial charge in [-0.15, -0.1) is 11.8 Å². The summed E-state index contributed by atoms with van der Waals surface area (Å²) in [5, 5.41) is 8.41. The van der Waals surface area contributed by atoms with Crippen LogP contribution in [0, 0.1) is 5.82 Å². The molecule has 0 aliphatic rings. The molecule has 3 amide bonds. The van der Waals surface area contributed by atoms with Gasteiger partial charge < -0.3 is 25.4 Å². The van der Waals surface area contributed by atoms with Gasteiger partial charge in [0.1, 0.15) is 23.0 Å². The monoisotopic (exact) mass is 619 g/mol. The van der Waals surface area contributed by atoms with E-state index in [-0.39, 0.29) is 22.9 Å². The molecule has 11 heteroatoms. The fourth-order valence-electron chi connectivity index (χ4n) is 3.82. The third-order valence-electron chi connectivity index (χ3n) is 5.96. The fourth-order valence-corrected chi connectivity index (χ4v) is 4.76. The molecule has 220 valence electrons. The normalized spacial score (nSPS) is 10.9. The molecule has 0 spiro atoms. The molecule has 0 unspecified atom stereocenters. The van der Waals surface area contributed by atoms with Gasteiger partial charge in [-0.2, -0.15) is 0 Å². The molecule has 0 radical (unpaired) electrons. The van der Waals surface area contributed by atoms with Gasteiger partial charge in [0, 0.05) is 27.8 Å². The number of benzene rings is 4. The molecule has 4 aromatic rings. The van der Waals surface area contributed by atoms with Crippen LogP contribution in [0.4, 0.5) is 15.8 Å². The van der Waals surface area contributed by atoms with Gasteiger partial charge in [-0.1, -0.05) is 48.0 Å². The number of thioether (sulfide) groups is 1. The van der Waals surface area contributed by atoms with Gasteiger partial charge >= 0.3 is 0 Å². The highest BCUT2D eigenvalue weighted by Gasteiger charge is 2.17. The number of carbonyl (C=O) groups is 3. The number of amides is 3. The molecule has 0 heterocycles. The van der Waals surface area contributed by atoms with Crippen LogP contribution in [-0.4, -0.2) is 37.7 Å². The number of carbonyl (C=O) groups excluding carboxylic acids is 3. The quantitative estimate of drug-likeness (QED) is 0.128. The van der Waals surface area contributed by atoms with Crippen LogP contribution in [0.2, 0.25) is 5.02 Å². The highest BCUT2D eigenvalue weighted by atomic mass is 35.5. The highest BCUT2D eigenvalue weighted by molar-refractivity contribution is 8.00. The minimum atomic E-state index is -0.639. The number of anilines is 2. The average molecular weight is 620 g/mol. The number of hydrogen-bond donors (Lipinski definition) is 3. The maximum atomic E-state index is 14.3. The molecular weight excluding hydrogens is 593 g/mol. The summed E-state index contributed by atoms with van der Waals surface area (Å²) in [6.07, 6.45) is 1.28. The highest BCUT2D eigenvalue weighted by Crippen LogP contribution is 2.36. The summed E-state index contributed by atoms with van der Waals surface area (Å²) in [5.74, 6) is -1.05. The Bertz CT molecular complexity index is 1650. The minimum Gasteiger partial charge on any atom is -0.495 e. The van der Waals surface area contributed by atoms with E-state index in [1.807, 2.05) is 0 Å². The predicted octanol–water partition coefficient (Wildman–Crippen LogP) is 6.64. The van der Waals surface area contributed by atoms with Gasteiger partial charge in [-0.05, 0) is 54.6 Å². The fraction of sp³-hybridized carbons (Fsp3) is 0.0938. The average Bonchev–Trinajstić information content (AvgIpc) is 3.02. The molecule has 3 N–H and O–H groups in total. The smallest absolute Gasteiger partial charge is 0.272 e. The van der Waals surface area contributed by atoms with Crippen molar-refractivity contribution in [3.05, 3.63) is 119 Å². The van der Waals surface area contributed by atoms with E-state index in [9.17, 15) is 18.8 Å². The topological polar surface area (TPSA) is 106 Å². The van der Waals surface area contributed by atoms with Crippen LogP contribution < -0.4 is 25.4 Å². The molecule has 43 heavy (non-hydrogen) atoms. The lowest BCUT2D eigenvalue weighted by Gasteiger charge is -2.13. The molecule has 0 aromatic heterocycles. The first-order valence-electron chi connectivity index (χ1n) is 12.9. The van der Waals surface area contributed by atoms with Gasteiger partial charge in [0.2, 0.25) is 5.91 Å². The lowest BCUT2D eigenvalue weighted by molar-refractivity contribution is -0.114. The van der Waals surface area contributed by atoms with Crippen LogP contribution in [0.1, 0.15) is 15.9 Å². The van der Waals surface area contributed by atoms with Crippen LogP contribution in [0.25, 0.3) is 6.08 Å². The molecule has 0 aliphatic heterocycles. The van der Waals surface area contributed by atoms with E-state index in [1.165, 1.54) is 50.3 Å². The summed E-state index contributed by atoms with van der Waals surface area (Å²) in [7, 11) is 2.96. The second-order valence-corrected chi connectivity index (χ2v) is 10.4. The molecule has 4 aromatic carbocycles. The molecule has 0 fully saturated rings. The SMILES string of the molecule is COc1cc(OC)c(NC(=O)CSc2ccc(NC(=O)/C(=C/c3ccccc3F)NC(=O)c3ccccc3)cc2)cc1Cl. The number of rotatable bonds is 11. The number of nitrogens with one attached hydrogen (secondary N) is 3. The van der Waals surface area contributed by atoms with Gasteiger partial charge in [-0.3, -0.25) is 14.4 Å². The van der Waals surface area contributed by atoms with Crippen molar-refractivity contribution < 1.29 is 28.2 Å². The standard InChI is InChI=1S/C32H27ClFN3O5S/c1-41-28-18-29(42-2)26(17-24(28)33)36-30(38)19-43-23-14-12-22(13-15-23)35-32(40)27(16-21-10-6-7-11-25(21)34)37-31(39)20-8-4-3-5-9-20/h3-18H,19H2,1-2H3,(H,35,40)(H,36,38)(H,37,39)/b27-16-. The molecule has 0 saturated heterocycles. The van der Waals surface area contributed by atoms with Gasteiger partial charge in [0.25, 0.3) is 11.8 Å². The lowest BCUT2D eigenvalue weighted by atomic mass is 10.1. The zero-order valence-electron chi connectivity index (χ0n) is 23.2. The molecular formula is C32H27ClFN3O5S. The Kier molecular flexibility index (Phi) is 10.8. The van der Waals surface area contributed by atoms with Crippen molar-refractivity contribution in [2.24, 2.45) is 0 Å². The molecule has 4 rings (SSSR count). The summed E-state index contributed by atoms with van der Waals surface area (Å²) < 4.78 is 24.8. The van der Waals surface area contributed by atoms with Gasteiger partial charge in [-0.25, -0.2) is 4.39 Å². The van der Waals surface area contributed by atoms with E-state index in [1.54, 1.807) is 72.8 Å². The summed E-state index contributed by atoms with van der Waals surface area (Å²) in [5.41, 5.74) is 1.19. The first-order chi connectivity index (χ1) is 20.8. The van der Waals surface area contributed by atoms with Crippen molar-refractivity contribution in [3.63, 3.8) is 0 Å². The van der Waals surface area contributed by atoms with Crippen LogP contribution in [0.3, 0.4) is 0 Å². The van der Waals surface area contributed by atoms with E-state index in [0.717, 1.165) is 4.90 Å². The minimum absolute atomic E-state index is 0.0968. The van der Waals surface area contributed by atoms with Crippen molar-refractivity contribution >= 4 is 58.5 Å². The van der Waals surface area contributed by atoms with Gasteiger partial charge in [0.15, 0.2) is 0 Å². The van der Waals surface area contributed by atoms with Crippen LogP contribution in [0.15, 0.2) is 102 Å². The van der Waals surface area contributed by atoms with Crippen molar-refractivity contribution in [1.29, 1.82) is 0 Å². The van der Waals surface area contributed by atoms with Crippen molar-refractivity contribution in [2.45, 2.75) is 4.90 Å². The Labute approximate surface area is 257 Å². The van der Waals surface area contributed by atoms with E-state index in [2.05, 4.69) is 16.0 Å². The Morgan fingerprint density at radius 3 is 2.21 bits per heavy atom. The lowest BCUT2D eigenvalue weighted by Crippen LogP contribution is -2.30. The number of halogens is 2. The molecule has 8 nitrogen and oxygen atoms in total. The van der Waals surface area contributed by atoms with E-state index in [0.29, 0.717) is 33.5 Å². The Hall–Kier alpha value is -4.80. The molecule has 0 atom stereocenters. The Morgan fingerprint density at radius 2 is 1.53 bits per heavy atom. The number of hydrogen-bond acceptors (Lipinski definition) is 6. The summed E-state index contributed by atoms with van der Waals surface area (Å²) in [6, 6.07) is 24.2. The summed E-state index contributed by atoms with van der Waals surface area (Å²) >= 11 is 7.46. The predicted molar refractivity (Wildman–Crippen MR) is 167 cm³/mol. The largest absolute Gasteiger partial charge is 0.495 e. The van der Waals surface area contributed by atoms with Crippen molar-refractivity contribution in [1.82, 2.24) is 5.32 Å². The Balaban J connectivity index is 1.40. The first-order valence-corrected chi connectivity index (χ1v) is 14.2. The van der Waals surface area contributed by atoms with Crippen molar-refractivity contribution in [3.8, 4) is 11.5 Å². The van der Waals surface area contributed by atoms with Crippen LogP contribution >= 0.6 is 23.4 Å². The summed E-state index contributed by atoms with van der Waals surface area (Å²) in [4.78, 5) is 39.3. The molecule has 0 bridgehead atoms. The van der Waals surface area contributed by atoms with Crippen LogP contribution in [-0.2, 0) is 9.59 Å². The molecule has 0 saturated carbocycles. The van der Waals surface area contributed by atoms with Crippen LogP contribution in [0.5, 0.6) is 11.5 Å². The van der Waals surface area contributed by atoms with Crippen molar-refractivity contribution in [2.75, 3.05) is 30.6 Å². The van der Waals surface area contributed by atoms with Gasteiger partial charge in [0.05, 0.1) is 30.7 Å². The number of methoxy groups -OCH3 is 2. The Morgan fingerprint density at radius 1 is 0.860 bits per heavy atom. The zero-order valence-corrected chi connectivity index (χ0v) is 24.7. The molecule has 0 aliphatic carbocycles. The van der Waals surface area contributed by atoms with E-state index >= 15 is 0 Å². The first kappa shape index (κ1) is 31.1. The van der Waals surface area contributed by atoms with E-state index in [4.69, 9.17) is 21.1 Å².